The van der Waals surface area contributed by atoms with Crippen LogP contribution in [0.4, 0.5) is 4.39 Å². The molecule has 0 bridgehead atoms. The van der Waals surface area contributed by atoms with Gasteiger partial charge in [0, 0.05) is 17.1 Å². The topological polar surface area (TPSA) is 12.0 Å². The van der Waals surface area contributed by atoms with E-state index >= 15 is 0 Å². The summed E-state index contributed by atoms with van der Waals surface area (Å²) in [5.41, 5.74) is 1.06. The van der Waals surface area contributed by atoms with Gasteiger partial charge in [-0.15, -0.1) is 0 Å². The zero-order valence-electron chi connectivity index (χ0n) is 11.4. The van der Waals surface area contributed by atoms with Crippen LogP contribution in [0.15, 0.2) is 22.7 Å². The fraction of sp³-hybridized carbons (Fsp3) is 0.625. The largest absolute Gasteiger partial charge is 0.313 e. The first-order valence-electron chi connectivity index (χ1n) is 7.24. The van der Waals surface area contributed by atoms with Crippen LogP contribution in [0.3, 0.4) is 0 Å². The molecule has 0 saturated heterocycles. The Morgan fingerprint density at radius 1 is 1.32 bits per heavy atom. The van der Waals surface area contributed by atoms with Gasteiger partial charge >= 0.3 is 0 Å². The van der Waals surface area contributed by atoms with Gasteiger partial charge in [-0.3, -0.25) is 0 Å². The fourth-order valence-corrected chi connectivity index (χ4v) is 3.23. The second-order valence-electron chi connectivity index (χ2n) is 6.50. The lowest BCUT2D eigenvalue weighted by atomic mass is 9.78. The van der Waals surface area contributed by atoms with Gasteiger partial charge in [0.05, 0.1) is 0 Å². The Morgan fingerprint density at radius 3 is 2.63 bits per heavy atom. The smallest absolute Gasteiger partial charge is 0.127 e. The molecule has 0 aliphatic heterocycles. The number of nitrogens with one attached hydrogen (secondary N) is 1. The van der Waals surface area contributed by atoms with E-state index < -0.39 is 0 Å². The number of benzene rings is 1. The molecule has 2 aliphatic rings. The number of halogens is 2. The maximum Gasteiger partial charge on any atom is 0.127 e. The molecule has 0 aromatic heterocycles. The van der Waals surface area contributed by atoms with Crippen molar-refractivity contribution in [1.29, 1.82) is 0 Å². The first-order chi connectivity index (χ1) is 9.07. The molecule has 2 fully saturated rings. The van der Waals surface area contributed by atoms with Crippen molar-refractivity contribution in [2.45, 2.75) is 45.1 Å². The maximum absolute atomic E-state index is 14.0. The normalized spacial score (nSPS) is 22.3. The van der Waals surface area contributed by atoms with Crippen LogP contribution in [0.5, 0.6) is 0 Å². The minimum Gasteiger partial charge on any atom is -0.313 e. The molecule has 1 atom stereocenters. The van der Waals surface area contributed by atoms with E-state index in [-0.39, 0.29) is 11.2 Å². The third-order valence-electron chi connectivity index (χ3n) is 4.54. The van der Waals surface area contributed by atoms with Gasteiger partial charge in [0.2, 0.25) is 0 Å². The lowest BCUT2D eigenvalue weighted by Crippen LogP contribution is -2.36. The predicted molar refractivity (Wildman–Crippen MR) is 79.7 cm³/mol. The number of rotatable bonds is 6. The molecule has 1 N–H and O–H groups in total. The predicted octanol–water partition coefficient (Wildman–Crippen LogP) is 4.30. The Labute approximate surface area is 123 Å². The summed E-state index contributed by atoms with van der Waals surface area (Å²) in [6, 6.07) is 6.18. The average Bonchev–Trinajstić information content (AvgIpc) is 3.24. The number of hydrogen-bond donors (Lipinski definition) is 1. The van der Waals surface area contributed by atoms with Crippen molar-refractivity contribution in [1.82, 2.24) is 5.32 Å². The first kappa shape index (κ1) is 13.6. The summed E-state index contributed by atoms with van der Waals surface area (Å²) in [6.07, 6.45) is 6.08. The minimum atomic E-state index is -0.0762. The lowest BCUT2D eigenvalue weighted by molar-refractivity contribution is 0.252. The molecule has 1 aromatic carbocycles. The summed E-state index contributed by atoms with van der Waals surface area (Å²) in [6.45, 7) is 3.35. The third kappa shape index (κ3) is 3.38. The van der Waals surface area contributed by atoms with Crippen LogP contribution in [0.2, 0.25) is 0 Å². The zero-order chi connectivity index (χ0) is 13.5. The maximum atomic E-state index is 14.0. The lowest BCUT2D eigenvalue weighted by Gasteiger charge is -2.30. The van der Waals surface area contributed by atoms with Gasteiger partial charge in [-0.2, -0.15) is 0 Å². The molecule has 1 aromatic rings. The van der Waals surface area contributed by atoms with E-state index in [9.17, 15) is 4.39 Å². The van der Waals surface area contributed by atoms with Crippen LogP contribution in [0.1, 0.15) is 38.2 Å². The van der Waals surface area contributed by atoms with Crippen molar-refractivity contribution < 1.29 is 4.39 Å². The standard InChI is InChI=1S/C16H21BrFN/c1-16(12-3-4-12,10-19-14-6-7-14)9-11-2-5-13(17)8-15(11)18/h2,5,8,12,14,19H,3-4,6-7,9-10H2,1H3. The second kappa shape index (κ2) is 5.17. The highest BCUT2D eigenvalue weighted by atomic mass is 79.9. The molecule has 1 nitrogen and oxygen atoms in total. The molecule has 2 saturated carbocycles. The molecular formula is C16H21BrFN. The van der Waals surface area contributed by atoms with Crippen molar-refractivity contribution in [3.8, 4) is 0 Å². The van der Waals surface area contributed by atoms with Crippen LogP contribution in [0.25, 0.3) is 0 Å². The summed E-state index contributed by atoms with van der Waals surface area (Å²) in [7, 11) is 0. The van der Waals surface area contributed by atoms with Crippen molar-refractivity contribution in [3.63, 3.8) is 0 Å². The van der Waals surface area contributed by atoms with E-state index in [1.54, 1.807) is 6.07 Å². The highest BCUT2D eigenvalue weighted by Crippen LogP contribution is 2.47. The molecule has 2 aliphatic carbocycles. The molecule has 0 radical (unpaired) electrons. The van der Waals surface area contributed by atoms with Crippen molar-refractivity contribution in [2.75, 3.05) is 6.54 Å². The third-order valence-corrected chi connectivity index (χ3v) is 5.04. The summed E-state index contributed by atoms with van der Waals surface area (Å²) in [4.78, 5) is 0. The fourth-order valence-electron chi connectivity index (χ4n) is 2.90. The van der Waals surface area contributed by atoms with Gasteiger partial charge in [0.15, 0.2) is 0 Å². The Bertz CT molecular complexity index is 468. The van der Waals surface area contributed by atoms with E-state index in [0.717, 1.165) is 35.0 Å². The molecule has 3 heteroatoms. The molecule has 3 rings (SSSR count). The molecule has 1 unspecified atom stereocenters. The van der Waals surface area contributed by atoms with Gasteiger partial charge in [-0.1, -0.05) is 28.9 Å². The van der Waals surface area contributed by atoms with Crippen LogP contribution in [0, 0.1) is 17.2 Å². The summed E-state index contributed by atoms with van der Waals surface area (Å²) in [5, 5.41) is 3.64. The van der Waals surface area contributed by atoms with E-state index in [1.165, 1.54) is 25.7 Å². The Hall–Kier alpha value is -0.410. The molecule has 0 spiro atoms. The molecule has 0 amide bonds. The zero-order valence-corrected chi connectivity index (χ0v) is 13.0. The van der Waals surface area contributed by atoms with Gasteiger partial charge in [0.25, 0.3) is 0 Å². The van der Waals surface area contributed by atoms with E-state index in [1.807, 2.05) is 12.1 Å². The Balaban J connectivity index is 1.72. The van der Waals surface area contributed by atoms with E-state index in [4.69, 9.17) is 0 Å². The van der Waals surface area contributed by atoms with Crippen LogP contribution in [-0.2, 0) is 6.42 Å². The van der Waals surface area contributed by atoms with E-state index in [0.29, 0.717) is 0 Å². The average molecular weight is 326 g/mol. The van der Waals surface area contributed by atoms with Gasteiger partial charge in [0.1, 0.15) is 5.82 Å². The molecule has 104 valence electrons. The second-order valence-corrected chi connectivity index (χ2v) is 7.41. The molecule has 0 heterocycles. The summed E-state index contributed by atoms with van der Waals surface area (Å²) >= 11 is 3.32. The Morgan fingerprint density at radius 2 is 2.05 bits per heavy atom. The van der Waals surface area contributed by atoms with Crippen molar-refractivity contribution in [3.05, 3.63) is 34.1 Å². The SMILES string of the molecule is CC(CNC1CC1)(Cc1ccc(Br)cc1F)C1CC1. The van der Waals surface area contributed by atoms with Crippen LogP contribution < -0.4 is 5.32 Å². The van der Waals surface area contributed by atoms with Gasteiger partial charge in [-0.05, 0) is 61.1 Å². The summed E-state index contributed by atoms with van der Waals surface area (Å²) < 4.78 is 14.8. The van der Waals surface area contributed by atoms with Crippen molar-refractivity contribution in [2.24, 2.45) is 11.3 Å². The van der Waals surface area contributed by atoms with Gasteiger partial charge in [-0.25, -0.2) is 4.39 Å². The van der Waals surface area contributed by atoms with E-state index in [2.05, 4.69) is 28.2 Å². The molecule has 19 heavy (non-hydrogen) atoms. The highest BCUT2D eigenvalue weighted by molar-refractivity contribution is 9.10. The number of hydrogen-bond acceptors (Lipinski definition) is 1. The van der Waals surface area contributed by atoms with Crippen molar-refractivity contribution >= 4 is 15.9 Å². The monoisotopic (exact) mass is 325 g/mol. The van der Waals surface area contributed by atoms with Crippen LogP contribution >= 0.6 is 15.9 Å². The first-order valence-corrected chi connectivity index (χ1v) is 8.03. The summed E-state index contributed by atoms with van der Waals surface area (Å²) in [5.74, 6) is 0.689. The highest BCUT2D eigenvalue weighted by Gasteiger charge is 2.42. The Kier molecular flexibility index (Phi) is 3.69. The molecular weight excluding hydrogens is 305 g/mol. The van der Waals surface area contributed by atoms with Crippen LogP contribution in [-0.4, -0.2) is 12.6 Å². The van der Waals surface area contributed by atoms with Gasteiger partial charge < -0.3 is 5.32 Å². The quantitative estimate of drug-likeness (QED) is 0.822. The minimum absolute atomic E-state index is 0.0762.